The number of aromatic nitrogens is 1. The van der Waals surface area contributed by atoms with Gasteiger partial charge in [0.15, 0.2) is 0 Å². The lowest BCUT2D eigenvalue weighted by Gasteiger charge is -2.00. The monoisotopic (exact) mass is 138 g/mol. The van der Waals surface area contributed by atoms with Gasteiger partial charge in [-0.05, 0) is 13.0 Å². The van der Waals surface area contributed by atoms with Crippen molar-refractivity contribution in [3.8, 4) is 0 Å². The first kappa shape index (κ1) is 7.02. The summed E-state index contributed by atoms with van der Waals surface area (Å²) in [6.45, 7) is 1.78. The summed E-state index contributed by atoms with van der Waals surface area (Å²) in [4.78, 5) is 13.5. The number of rotatable bonds is 1. The van der Waals surface area contributed by atoms with Crippen molar-refractivity contribution < 1.29 is 0 Å². The molecule has 0 aliphatic rings. The molecule has 0 aromatic carbocycles. The van der Waals surface area contributed by atoms with E-state index in [1.54, 1.807) is 25.3 Å². The second-order valence-corrected chi connectivity index (χ2v) is 2.24. The van der Waals surface area contributed by atoms with Crippen molar-refractivity contribution >= 4 is 0 Å². The molecule has 1 heterocycles. The zero-order valence-corrected chi connectivity index (χ0v) is 5.79. The minimum Gasteiger partial charge on any atom is -0.329 e. The highest BCUT2D eigenvalue weighted by Gasteiger charge is 2.01. The van der Waals surface area contributed by atoms with Crippen LogP contribution in [0.25, 0.3) is 0 Å². The molecule has 0 aliphatic heterocycles. The molecule has 1 aromatic heterocycles. The van der Waals surface area contributed by atoms with E-state index in [0.717, 1.165) is 0 Å². The Morgan fingerprint density at radius 3 is 2.80 bits per heavy atom. The van der Waals surface area contributed by atoms with E-state index in [2.05, 4.69) is 4.98 Å². The van der Waals surface area contributed by atoms with Gasteiger partial charge in [0.05, 0.1) is 0 Å². The lowest BCUT2D eigenvalue weighted by molar-refractivity contribution is 0.800. The third-order valence-corrected chi connectivity index (χ3v) is 1.34. The largest absolute Gasteiger partial charge is 0.329 e. The lowest BCUT2D eigenvalue weighted by Crippen LogP contribution is -2.18. The van der Waals surface area contributed by atoms with Crippen molar-refractivity contribution in [3.05, 3.63) is 34.2 Å². The van der Waals surface area contributed by atoms with Gasteiger partial charge in [-0.3, -0.25) is 4.79 Å². The Morgan fingerprint density at radius 2 is 2.40 bits per heavy atom. The lowest BCUT2D eigenvalue weighted by atomic mass is 10.2. The van der Waals surface area contributed by atoms with Crippen LogP contribution in [0.15, 0.2) is 23.1 Å². The minimum absolute atomic E-state index is 0.0995. The topological polar surface area (TPSA) is 58.9 Å². The van der Waals surface area contributed by atoms with E-state index in [0.29, 0.717) is 5.56 Å². The van der Waals surface area contributed by atoms with Crippen LogP contribution in [0.3, 0.4) is 0 Å². The van der Waals surface area contributed by atoms with Crippen molar-refractivity contribution in [1.82, 2.24) is 4.98 Å². The van der Waals surface area contributed by atoms with Gasteiger partial charge in [-0.15, -0.1) is 0 Å². The zero-order valence-electron chi connectivity index (χ0n) is 5.79. The third-order valence-electron chi connectivity index (χ3n) is 1.34. The van der Waals surface area contributed by atoms with Crippen LogP contribution in [0.2, 0.25) is 0 Å². The van der Waals surface area contributed by atoms with E-state index in [-0.39, 0.29) is 11.6 Å². The van der Waals surface area contributed by atoms with Crippen molar-refractivity contribution in [1.29, 1.82) is 0 Å². The predicted octanol–water partition coefficient (Wildman–Crippen LogP) is 0.395. The maximum Gasteiger partial charge on any atom is 0.252 e. The van der Waals surface area contributed by atoms with Gasteiger partial charge >= 0.3 is 0 Å². The minimum atomic E-state index is -0.190. The van der Waals surface area contributed by atoms with Crippen LogP contribution in [0.1, 0.15) is 18.5 Å². The van der Waals surface area contributed by atoms with Crippen LogP contribution in [-0.2, 0) is 0 Å². The van der Waals surface area contributed by atoms with E-state index in [1.807, 2.05) is 0 Å². The van der Waals surface area contributed by atoms with Crippen molar-refractivity contribution in [3.63, 3.8) is 0 Å². The molecule has 1 rings (SSSR count). The Labute approximate surface area is 58.9 Å². The van der Waals surface area contributed by atoms with Gasteiger partial charge in [-0.2, -0.15) is 0 Å². The molecule has 0 radical (unpaired) electrons. The van der Waals surface area contributed by atoms with E-state index in [9.17, 15) is 4.79 Å². The number of aromatic amines is 1. The summed E-state index contributed by atoms with van der Waals surface area (Å²) in [5.74, 6) is 0. The molecule has 0 spiro atoms. The van der Waals surface area contributed by atoms with Crippen LogP contribution in [0.5, 0.6) is 0 Å². The van der Waals surface area contributed by atoms with Gasteiger partial charge in [-0.1, -0.05) is 6.07 Å². The third kappa shape index (κ3) is 1.25. The molecule has 0 aliphatic carbocycles. The second kappa shape index (κ2) is 2.66. The fraction of sp³-hybridized carbons (Fsp3) is 0.286. The van der Waals surface area contributed by atoms with Crippen molar-refractivity contribution in [2.24, 2.45) is 5.73 Å². The van der Waals surface area contributed by atoms with Crippen LogP contribution < -0.4 is 11.3 Å². The Hall–Kier alpha value is -1.09. The molecule has 1 aromatic rings. The molecule has 3 heteroatoms. The predicted molar refractivity (Wildman–Crippen MR) is 39.7 cm³/mol. The maximum atomic E-state index is 10.9. The molecule has 0 saturated carbocycles. The van der Waals surface area contributed by atoms with E-state index in [4.69, 9.17) is 5.73 Å². The Bertz CT molecular complexity index is 264. The molecule has 0 amide bonds. The number of pyridine rings is 1. The SMILES string of the molecule is C[C@@H](N)c1ccc[nH]c1=O. The van der Waals surface area contributed by atoms with E-state index < -0.39 is 0 Å². The van der Waals surface area contributed by atoms with Crippen LogP contribution >= 0.6 is 0 Å². The number of nitrogens with one attached hydrogen (secondary N) is 1. The summed E-state index contributed by atoms with van der Waals surface area (Å²) in [6.07, 6.45) is 1.59. The Balaban J connectivity index is 3.16. The molecular formula is C7H10N2O. The highest BCUT2D eigenvalue weighted by atomic mass is 16.1. The van der Waals surface area contributed by atoms with Gasteiger partial charge in [-0.25, -0.2) is 0 Å². The standard InChI is InChI=1S/C7H10N2O/c1-5(8)6-3-2-4-9-7(6)10/h2-5H,8H2,1H3,(H,9,10)/t5-/m1/s1. The molecule has 0 unspecified atom stereocenters. The average molecular weight is 138 g/mol. The molecule has 10 heavy (non-hydrogen) atoms. The fourth-order valence-electron chi connectivity index (χ4n) is 0.793. The maximum absolute atomic E-state index is 10.9. The summed E-state index contributed by atoms with van der Waals surface area (Å²) in [5.41, 5.74) is 6.02. The van der Waals surface area contributed by atoms with Gasteiger partial charge < -0.3 is 10.7 Å². The highest BCUT2D eigenvalue weighted by molar-refractivity contribution is 5.12. The molecule has 3 N–H and O–H groups in total. The first-order valence-electron chi connectivity index (χ1n) is 3.15. The second-order valence-electron chi connectivity index (χ2n) is 2.24. The van der Waals surface area contributed by atoms with Crippen LogP contribution in [0, 0.1) is 0 Å². The molecule has 54 valence electrons. The molecule has 3 nitrogen and oxygen atoms in total. The van der Waals surface area contributed by atoms with Gasteiger partial charge in [0.1, 0.15) is 0 Å². The normalized spacial score (nSPS) is 13.0. The Kier molecular flexibility index (Phi) is 1.87. The number of hydrogen-bond donors (Lipinski definition) is 2. The van der Waals surface area contributed by atoms with Gasteiger partial charge in [0.25, 0.3) is 5.56 Å². The van der Waals surface area contributed by atoms with Crippen molar-refractivity contribution in [2.45, 2.75) is 13.0 Å². The summed E-state index contributed by atoms with van der Waals surface area (Å²) in [5, 5.41) is 0. The number of nitrogens with two attached hydrogens (primary N) is 1. The summed E-state index contributed by atoms with van der Waals surface area (Å²) in [7, 11) is 0. The zero-order chi connectivity index (χ0) is 7.56. The summed E-state index contributed by atoms with van der Waals surface area (Å²) in [6, 6.07) is 3.30. The quantitative estimate of drug-likeness (QED) is 0.590. The van der Waals surface area contributed by atoms with Gasteiger partial charge in [0.2, 0.25) is 0 Å². The van der Waals surface area contributed by atoms with E-state index >= 15 is 0 Å². The number of hydrogen-bond acceptors (Lipinski definition) is 2. The van der Waals surface area contributed by atoms with Crippen LogP contribution in [-0.4, -0.2) is 4.98 Å². The molecular weight excluding hydrogens is 128 g/mol. The molecule has 0 saturated heterocycles. The smallest absolute Gasteiger partial charge is 0.252 e. The van der Waals surface area contributed by atoms with Crippen LogP contribution in [0.4, 0.5) is 0 Å². The fourth-order valence-corrected chi connectivity index (χ4v) is 0.793. The average Bonchev–Trinajstić information content (AvgIpc) is 1.88. The summed E-state index contributed by atoms with van der Waals surface area (Å²) >= 11 is 0. The highest BCUT2D eigenvalue weighted by Crippen LogP contribution is 1.99. The molecule has 1 atom stereocenters. The Morgan fingerprint density at radius 1 is 1.70 bits per heavy atom. The number of H-pyrrole nitrogens is 1. The van der Waals surface area contributed by atoms with Crippen molar-refractivity contribution in [2.75, 3.05) is 0 Å². The molecule has 0 bridgehead atoms. The summed E-state index contributed by atoms with van der Waals surface area (Å²) < 4.78 is 0. The first-order valence-corrected chi connectivity index (χ1v) is 3.15. The first-order chi connectivity index (χ1) is 4.72. The van der Waals surface area contributed by atoms with E-state index in [1.165, 1.54) is 0 Å². The van der Waals surface area contributed by atoms with Gasteiger partial charge in [0, 0.05) is 17.8 Å². The molecule has 0 fully saturated rings.